The van der Waals surface area contributed by atoms with Crippen LogP contribution in [0.25, 0.3) is 0 Å². The highest BCUT2D eigenvalue weighted by Gasteiger charge is 2.25. The fourth-order valence-corrected chi connectivity index (χ4v) is 2.08. The van der Waals surface area contributed by atoms with Gasteiger partial charge in [0.1, 0.15) is 0 Å². The van der Waals surface area contributed by atoms with Gasteiger partial charge in [-0.05, 0) is 42.5 Å². The van der Waals surface area contributed by atoms with Crippen LogP contribution in [-0.2, 0) is 6.42 Å². The highest BCUT2D eigenvalue weighted by Crippen LogP contribution is 2.22. The van der Waals surface area contributed by atoms with E-state index in [9.17, 15) is 4.79 Å². The van der Waals surface area contributed by atoms with Crippen LogP contribution >= 0.6 is 0 Å². The summed E-state index contributed by atoms with van der Waals surface area (Å²) in [5.41, 5.74) is 7.19. The number of benzene rings is 1. The van der Waals surface area contributed by atoms with Gasteiger partial charge in [0.05, 0.1) is 0 Å². The van der Waals surface area contributed by atoms with Crippen molar-refractivity contribution < 1.29 is 9.90 Å². The Bertz CT molecular complexity index is 421. The molecule has 0 heterocycles. The topological polar surface area (TPSA) is 75.3 Å². The Kier molecular flexibility index (Phi) is 6.17. The molecule has 1 atom stereocenters. The van der Waals surface area contributed by atoms with E-state index in [1.165, 1.54) is 0 Å². The number of carbonyl (C=O) groups excluding carboxylic acids is 1. The number of amides is 1. The zero-order valence-electron chi connectivity index (χ0n) is 12.6. The van der Waals surface area contributed by atoms with E-state index in [1.54, 1.807) is 0 Å². The van der Waals surface area contributed by atoms with Crippen LogP contribution in [0, 0.1) is 5.41 Å². The van der Waals surface area contributed by atoms with Crippen LogP contribution in [0.4, 0.5) is 0 Å². The Balaban J connectivity index is 2.73. The van der Waals surface area contributed by atoms with Gasteiger partial charge in [-0.15, -0.1) is 0 Å². The molecule has 0 fully saturated rings. The van der Waals surface area contributed by atoms with Crippen molar-refractivity contribution in [3.8, 4) is 0 Å². The molecule has 0 aliphatic heterocycles. The lowest BCUT2D eigenvalue weighted by atomic mass is 9.84. The molecule has 0 aliphatic rings. The zero-order valence-corrected chi connectivity index (χ0v) is 12.6. The Morgan fingerprint density at radius 1 is 1.30 bits per heavy atom. The maximum absolute atomic E-state index is 12.2. The standard InChI is InChI=1S/C16H26N2O2/c1-16(2,3)14(9-11-19)18-15(20)13-6-4-12(5-7-13)8-10-17/h4-7,14,19H,8-11,17H2,1-3H3,(H,18,20). The minimum Gasteiger partial charge on any atom is -0.396 e. The molecule has 0 bridgehead atoms. The predicted molar refractivity (Wildman–Crippen MR) is 81.6 cm³/mol. The van der Waals surface area contributed by atoms with Gasteiger partial charge in [0.25, 0.3) is 5.91 Å². The van der Waals surface area contributed by atoms with Gasteiger partial charge in [-0.1, -0.05) is 32.9 Å². The summed E-state index contributed by atoms with van der Waals surface area (Å²) < 4.78 is 0. The Morgan fingerprint density at radius 3 is 2.35 bits per heavy atom. The number of hydrogen-bond donors (Lipinski definition) is 3. The fraction of sp³-hybridized carbons (Fsp3) is 0.562. The summed E-state index contributed by atoms with van der Waals surface area (Å²) in [7, 11) is 0. The van der Waals surface area contributed by atoms with Crippen molar-refractivity contribution in [3.05, 3.63) is 35.4 Å². The van der Waals surface area contributed by atoms with Crippen molar-refractivity contribution in [2.24, 2.45) is 11.1 Å². The van der Waals surface area contributed by atoms with E-state index in [2.05, 4.69) is 26.1 Å². The Morgan fingerprint density at radius 2 is 1.90 bits per heavy atom. The zero-order chi connectivity index (χ0) is 15.2. The molecule has 0 aromatic heterocycles. The summed E-state index contributed by atoms with van der Waals surface area (Å²) in [5.74, 6) is -0.0994. The van der Waals surface area contributed by atoms with Crippen molar-refractivity contribution in [3.63, 3.8) is 0 Å². The minimum absolute atomic E-state index is 0.0521. The third-order valence-corrected chi connectivity index (χ3v) is 3.42. The van der Waals surface area contributed by atoms with Gasteiger partial charge in [-0.25, -0.2) is 0 Å². The molecular weight excluding hydrogens is 252 g/mol. The van der Waals surface area contributed by atoms with E-state index in [4.69, 9.17) is 10.8 Å². The monoisotopic (exact) mass is 278 g/mol. The molecule has 20 heavy (non-hydrogen) atoms. The van der Waals surface area contributed by atoms with Crippen molar-refractivity contribution in [2.75, 3.05) is 13.2 Å². The van der Waals surface area contributed by atoms with Gasteiger partial charge in [0, 0.05) is 18.2 Å². The van der Waals surface area contributed by atoms with Gasteiger partial charge >= 0.3 is 0 Å². The average Bonchev–Trinajstić information content (AvgIpc) is 2.38. The van der Waals surface area contributed by atoms with Crippen LogP contribution in [0.2, 0.25) is 0 Å². The van der Waals surface area contributed by atoms with E-state index < -0.39 is 0 Å². The number of aliphatic hydroxyl groups is 1. The number of nitrogens with one attached hydrogen (secondary N) is 1. The molecule has 0 saturated heterocycles. The summed E-state index contributed by atoms with van der Waals surface area (Å²) in [5, 5.41) is 12.1. The van der Waals surface area contributed by atoms with Crippen LogP contribution < -0.4 is 11.1 Å². The van der Waals surface area contributed by atoms with E-state index in [1.807, 2.05) is 24.3 Å². The number of aliphatic hydroxyl groups excluding tert-OH is 1. The highest BCUT2D eigenvalue weighted by atomic mass is 16.3. The second-order valence-electron chi connectivity index (χ2n) is 6.14. The molecule has 0 radical (unpaired) electrons. The Hall–Kier alpha value is -1.39. The van der Waals surface area contributed by atoms with E-state index in [0.717, 1.165) is 12.0 Å². The second kappa shape index (κ2) is 7.41. The predicted octanol–water partition coefficient (Wildman–Crippen LogP) is 1.71. The summed E-state index contributed by atoms with van der Waals surface area (Å²) in [6, 6.07) is 7.45. The third-order valence-electron chi connectivity index (χ3n) is 3.42. The number of nitrogens with two attached hydrogens (primary N) is 1. The van der Waals surface area contributed by atoms with Gasteiger partial charge in [0.2, 0.25) is 0 Å². The molecule has 0 saturated carbocycles. The van der Waals surface area contributed by atoms with Gasteiger partial charge < -0.3 is 16.2 Å². The quantitative estimate of drug-likeness (QED) is 0.741. The first-order valence-corrected chi connectivity index (χ1v) is 7.09. The number of carbonyl (C=O) groups is 1. The maximum atomic E-state index is 12.2. The van der Waals surface area contributed by atoms with Crippen molar-refractivity contribution in [2.45, 2.75) is 39.7 Å². The average molecular weight is 278 g/mol. The molecule has 0 spiro atoms. The van der Waals surface area contributed by atoms with Gasteiger partial charge in [0.15, 0.2) is 0 Å². The summed E-state index contributed by atoms with van der Waals surface area (Å²) in [6.07, 6.45) is 1.37. The first kappa shape index (κ1) is 16.7. The normalized spacial score (nSPS) is 13.1. The van der Waals surface area contributed by atoms with Gasteiger partial charge in [-0.2, -0.15) is 0 Å². The first-order chi connectivity index (χ1) is 9.38. The van der Waals surface area contributed by atoms with Crippen LogP contribution in [0.1, 0.15) is 43.1 Å². The largest absolute Gasteiger partial charge is 0.396 e. The smallest absolute Gasteiger partial charge is 0.251 e. The molecule has 1 aromatic carbocycles. The van der Waals surface area contributed by atoms with Crippen molar-refractivity contribution in [1.29, 1.82) is 0 Å². The molecule has 1 rings (SSSR count). The molecule has 1 aromatic rings. The van der Waals surface area contributed by atoms with Gasteiger partial charge in [-0.3, -0.25) is 4.79 Å². The first-order valence-electron chi connectivity index (χ1n) is 7.09. The van der Waals surface area contributed by atoms with Crippen LogP contribution in [0.3, 0.4) is 0 Å². The SMILES string of the molecule is CC(C)(C)C(CCO)NC(=O)c1ccc(CCN)cc1. The van der Waals surface area contributed by atoms with Crippen LogP contribution in [0.15, 0.2) is 24.3 Å². The fourth-order valence-electron chi connectivity index (χ4n) is 2.08. The Labute approximate surface area is 121 Å². The second-order valence-corrected chi connectivity index (χ2v) is 6.14. The van der Waals surface area contributed by atoms with E-state index in [-0.39, 0.29) is 24.0 Å². The van der Waals surface area contributed by atoms with E-state index >= 15 is 0 Å². The van der Waals surface area contributed by atoms with Crippen LogP contribution in [0.5, 0.6) is 0 Å². The number of hydrogen-bond acceptors (Lipinski definition) is 3. The van der Waals surface area contributed by atoms with Crippen LogP contribution in [-0.4, -0.2) is 30.2 Å². The minimum atomic E-state index is -0.0994. The third kappa shape index (κ3) is 4.94. The summed E-state index contributed by atoms with van der Waals surface area (Å²) in [4.78, 5) is 12.2. The molecule has 4 nitrogen and oxygen atoms in total. The summed E-state index contributed by atoms with van der Waals surface area (Å²) >= 11 is 0. The highest BCUT2D eigenvalue weighted by molar-refractivity contribution is 5.94. The van der Waals surface area contributed by atoms with Crippen molar-refractivity contribution in [1.82, 2.24) is 5.32 Å². The molecule has 0 aliphatic carbocycles. The molecule has 4 heteroatoms. The molecule has 112 valence electrons. The molecular formula is C16H26N2O2. The van der Waals surface area contributed by atoms with Crippen molar-refractivity contribution >= 4 is 5.91 Å². The molecule has 1 unspecified atom stereocenters. The molecule has 4 N–H and O–H groups in total. The lowest BCUT2D eigenvalue weighted by Crippen LogP contribution is -2.44. The lowest BCUT2D eigenvalue weighted by Gasteiger charge is -2.31. The summed E-state index contributed by atoms with van der Waals surface area (Å²) in [6.45, 7) is 6.83. The lowest BCUT2D eigenvalue weighted by molar-refractivity contribution is 0.0885. The van der Waals surface area contributed by atoms with E-state index in [0.29, 0.717) is 18.5 Å². The maximum Gasteiger partial charge on any atom is 0.251 e. The number of rotatable bonds is 6. The molecule has 1 amide bonds.